The average molecular weight is 562 g/mol. The second-order valence-electron chi connectivity index (χ2n) is 11.3. The van der Waals surface area contributed by atoms with Crippen LogP contribution < -0.4 is 0 Å². The molecule has 0 spiro atoms. The minimum atomic E-state index is 0.818. The Kier molecular flexibility index (Phi) is 20.2. The van der Waals surface area contributed by atoms with Crippen molar-refractivity contribution in [2.24, 2.45) is 11.8 Å². The van der Waals surface area contributed by atoms with E-state index in [9.17, 15) is 0 Å². The van der Waals surface area contributed by atoms with Crippen LogP contribution in [0.25, 0.3) is 0 Å². The van der Waals surface area contributed by atoms with Crippen LogP contribution in [0.2, 0.25) is 0 Å². The van der Waals surface area contributed by atoms with E-state index in [4.69, 9.17) is 0 Å². The summed E-state index contributed by atoms with van der Waals surface area (Å²) in [7, 11) is 4.59. The first-order chi connectivity index (χ1) is 15.6. The van der Waals surface area contributed by atoms with Crippen molar-refractivity contribution in [3.63, 3.8) is 0 Å². The fraction of sp³-hybridized carbons (Fsp3) is 1.00. The van der Waals surface area contributed by atoms with Gasteiger partial charge in [0, 0.05) is 9.97 Å². The van der Waals surface area contributed by atoms with E-state index in [1.54, 1.807) is 6.42 Å². The van der Waals surface area contributed by atoms with Gasteiger partial charge < -0.3 is 4.90 Å². The van der Waals surface area contributed by atoms with Gasteiger partial charge in [-0.15, -0.1) is 0 Å². The third kappa shape index (κ3) is 16.3. The molecule has 1 aliphatic carbocycles. The molecule has 0 aromatic carbocycles. The number of hydrogen-bond acceptors (Lipinski definition) is 1. The number of halogens is 1. The van der Waals surface area contributed by atoms with Crippen LogP contribution in [0.4, 0.5) is 0 Å². The van der Waals surface area contributed by atoms with E-state index in [1.165, 1.54) is 135 Å². The van der Waals surface area contributed by atoms with E-state index in [1.807, 2.05) is 0 Å². The molecule has 1 rings (SSSR count). The zero-order valence-electron chi connectivity index (χ0n) is 22.7. The number of alkyl halides is 1. The first kappa shape index (κ1) is 30.7. The maximum atomic E-state index is 2.78. The summed E-state index contributed by atoms with van der Waals surface area (Å²) < 4.78 is 0.969. The number of rotatable bonds is 24. The van der Waals surface area contributed by atoms with E-state index in [0.29, 0.717) is 0 Å². The Balaban J connectivity index is 1.92. The van der Waals surface area contributed by atoms with Crippen LogP contribution in [0.1, 0.15) is 155 Å². The highest BCUT2D eigenvalue weighted by Crippen LogP contribution is 2.48. The molecule has 0 aromatic heterocycles. The average Bonchev–Trinajstić information content (AvgIpc) is 3.55. The molecule has 0 aromatic rings. The highest BCUT2D eigenvalue weighted by atomic mass is 127. The molecule has 192 valence electrons. The van der Waals surface area contributed by atoms with E-state index in [0.717, 1.165) is 21.8 Å². The second-order valence-corrected chi connectivity index (χ2v) is 12.9. The molecule has 2 unspecified atom stereocenters. The molecule has 1 aliphatic rings. The molecule has 0 radical (unpaired) electrons. The van der Waals surface area contributed by atoms with Crippen molar-refractivity contribution in [3.05, 3.63) is 0 Å². The van der Waals surface area contributed by atoms with Gasteiger partial charge in [0.05, 0.1) is 0 Å². The van der Waals surface area contributed by atoms with Gasteiger partial charge in [0.1, 0.15) is 0 Å². The van der Waals surface area contributed by atoms with E-state index >= 15 is 0 Å². The summed E-state index contributed by atoms with van der Waals surface area (Å²) in [5.74, 6) is 2.18. The monoisotopic (exact) mass is 561 g/mol. The van der Waals surface area contributed by atoms with Crippen LogP contribution in [-0.4, -0.2) is 29.0 Å². The molecule has 0 saturated heterocycles. The molecule has 1 fully saturated rings. The molecule has 32 heavy (non-hydrogen) atoms. The van der Waals surface area contributed by atoms with Crippen molar-refractivity contribution >= 4 is 22.6 Å². The Morgan fingerprint density at radius 2 is 1.06 bits per heavy atom. The molecule has 0 amide bonds. The van der Waals surface area contributed by atoms with Gasteiger partial charge in [-0.05, 0) is 51.6 Å². The molecular weight excluding hydrogens is 501 g/mol. The lowest BCUT2D eigenvalue weighted by Crippen LogP contribution is -2.27. The third-order valence-electron chi connectivity index (χ3n) is 8.01. The summed E-state index contributed by atoms with van der Waals surface area (Å²) in [4.78, 5) is 2.49. The Labute approximate surface area is 217 Å². The molecule has 2 heteroatoms. The second kappa shape index (κ2) is 21.0. The van der Waals surface area contributed by atoms with Crippen molar-refractivity contribution in [2.75, 3.05) is 14.1 Å². The van der Waals surface area contributed by atoms with E-state index in [2.05, 4.69) is 55.4 Å². The topological polar surface area (TPSA) is 3.24 Å². The van der Waals surface area contributed by atoms with Crippen LogP contribution in [0.3, 0.4) is 0 Å². The van der Waals surface area contributed by atoms with Gasteiger partial charge in [-0.3, -0.25) is 0 Å². The molecule has 1 saturated carbocycles. The molecule has 0 heterocycles. The highest BCUT2D eigenvalue weighted by Gasteiger charge is 2.40. The molecule has 1 nitrogen and oxygen atoms in total. The van der Waals surface area contributed by atoms with Crippen LogP contribution in [-0.2, 0) is 0 Å². The van der Waals surface area contributed by atoms with Gasteiger partial charge in [-0.2, -0.15) is 0 Å². The third-order valence-corrected chi connectivity index (χ3v) is 9.56. The largest absolute Gasteiger partial charge is 0.306 e. The lowest BCUT2D eigenvalue weighted by Gasteiger charge is -2.24. The maximum Gasteiger partial charge on any atom is 0.0141 e. The minimum absolute atomic E-state index is 0.818. The molecule has 0 bridgehead atoms. The first-order valence-electron chi connectivity index (χ1n) is 14.9. The Morgan fingerprint density at radius 1 is 0.625 bits per heavy atom. The van der Waals surface area contributed by atoms with Gasteiger partial charge in [-0.1, -0.05) is 152 Å². The number of nitrogens with zero attached hydrogens (tertiary/aromatic N) is 1. The predicted molar refractivity (Wildman–Crippen MR) is 155 cm³/mol. The van der Waals surface area contributed by atoms with Crippen molar-refractivity contribution < 1.29 is 0 Å². The Bertz CT molecular complexity index is 396. The Hall–Kier alpha value is 0.690. The lowest BCUT2D eigenvalue weighted by atomic mass is 9.99. The summed E-state index contributed by atoms with van der Waals surface area (Å²) in [6.07, 6.45) is 32.0. The normalized spacial score (nSPS) is 20.1. The smallest absolute Gasteiger partial charge is 0.0141 e. The van der Waals surface area contributed by atoms with Crippen molar-refractivity contribution in [1.29, 1.82) is 0 Å². The van der Waals surface area contributed by atoms with Crippen molar-refractivity contribution in [2.45, 2.75) is 165 Å². The summed E-state index contributed by atoms with van der Waals surface area (Å²) in [6.45, 7) is 4.63. The summed E-state index contributed by atoms with van der Waals surface area (Å²) in [5, 5.41) is 0. The molecule has 0 N–H and O–H groups in total. The fourth-order valence-electron chi connectivity index (χ4n) is 5.52. The quantitative estimate of drug-likeness (QED) is 0.0644. The van der Waals surface area contributed by atoms with Gasteiger partial charge in [0.2, 0.25) is 0 Å². The molecule has 0 aliphatic heterocycles. The Morgan fingerprint density at radius 3 is 1.56 bits per heavy atom. The van der Waals surface area contributed by atoms with Crippen molar-refractivity contribution in [3.8, 4) is 0 Å². The number of unbranched alkanes of at least 4 members (excludes halogenated alkanes) is 14. The van der Waals surface area contributed by atoms with Crippen LogP contribution in [0.5, 0.6) is 0 Å². The SMILES string of the molecule is CCCCCCCCCC(CCCCCCCCC(I)[C@H]1C[C@H]1CCCCCC)N(C)C. The van der Waals surface area contributed by atoms with E-state index < -0.39 is 0 Å². The maximum absolute atomic E-state index is 2.78. The molecule has 4 atom stereocenters. The van der Waals surface area contributed by atoms with Crippen molar-refractivity contribution in [1.82, 2.24) is 4.90 Å². The lowest BCUT2D eigenvalue weighted by molar-refractivity contribution is 0.251. The molecular formula is C30H60IN. The zero-order chi connectivity index (χ0) is 23.4. The minimum Gasteiger partial charge on any atom is -0.306 e. The van der Waals surface area contributed by atoms with Gasteiger partial charge in [0.15, 0.2) is 0 Å². The van der Waals surface area contributed by atoms with Crippen LogP contribution in [0, 0.1) is 11.8 Å². The van der Waals surface area contributed by atoms with Crippen LogP contribution >= 0.6 is 22.6 Å². The number of hydrogen-bond donors (Lipinski definition) is 0. The highest BCUT2D eigenvalue weighted by molar-refractivity contribution is 14.1. The van der Waals surface area contributed by atoms with Gasteiger partial charge in [-0.25, -0.2) is 0 Å². The summed E-state index contributed by atoms with van der Waals surface area (Å²) in [6, 6.07) is 0.818. The zero-order valence-corrected chi connectivity index (χ0v) is 24.8. The van der Waals surface area contributed by atoms with Crippen LogP contribution in [0.15, 0.2) is 0 Å². The van der Waals surface area contributed by atoms with E-state index in [-0.39, 0.29) is 0 Å². The fourth-order valence-corrected chi connectivity index (χ4v) is 6.84. The summed E-state index contributed by atoms with van der Waals surface area (Å²) in [5.41, 5.74) is 0. The standard InChI is InChI=1S/C30H60IN/c1-5-7-9-11-12-15-19-23-28(32(3)4)24-20-16-13-14-17-21-25-30(31)29-26-27(29)22-18-10-8-6-2/h27-30H,5-26H2,1-4H3/t27-,28?,29+,30?/m1/s1. The first-order valence-corrected chi connectivity index (χ1v) is 16.1. The van der Waals surface area contributed by atoms with Gasteiger partial charge in [0.25, 0.3) is 0 Å². The van der Waals surface area contributed by atoms with Gasteiger partial charge >= 0.3 is 0 Å². The predicted octanol–water partition coefficient (Wildman–Crippen LogP) is 10.6. The summed E-state index contributed by atoms with van der Waals surface area (Å²) >= 11 is 2.78.